The maximum atomic E-state index is 9.17. The van der Waals surface area contributed by atoms with Crippen molar-refractivity contribution in [3.8, 4) is 11.8 Å². The molecule has 4 nitrogen and oxygen atoms in total. The minimum absolute atomic E-state index is 0.362. The fourth-order valence-corrected chi connectivity index (χ4v) is 2.83. The molecule has 0 N–H and O–H groups in total. The van der Waals surface area contributed by atoms with Crippen molar-refractivity contribution in [2.45, 2.75) is 19.4 Å². The van der Waals surface area contributed by atoms with Crippen LogP contribution in [0.4, 0.5) is 0 Å². The Balaban J connectivity index is 1.71. The summed E-state index contributed by atoms with van der Waals surface area (Å²) in [6.07, 6.45) is 0. The fourth-order valence-electron chi connectivity index (χ4n) is 2.45. The molecule has 0 saturated carbocycles. The van der Waals surface area contributed by atoms with E-state index < -0.39 is 0 Å². The largest absolute Gasteiger partial charge is 0.492 e. The smallest absolute Gasteiger partial charge is 0.120 e. The third-order valence-electron chi connectivity index (χ3n) is 3.91. The zero-order valence-corrected chi connectivity index (χ0v) is 14.3. The van der Waals surface area contributed by atoms with Gasteiger partial charge in [-0.05, 0) is 32.0 Å². The van der Waals surface area contributed by atoms with Gasteiger partial charge in [0.2, 0.25) is 0 Å². The van der Waals surface area contributed by atoms with Crippen molar-refractivity contribution in [2.24, 2.45) is 0 Å². The molecule has 5 heteroatoms. The van der Waals surface area contributed by atoms with E-state index in [1.807, 2.05) is 38.1 Å². The summed E-state index contributed by atoms with van der Waals surface area (Å²) in [6.45, 7) is 9.46. The summed E-state index contributed by atoms with van der Waals surface area (Å²) in [5.74, 6) is 0.897. The quantitative estimate of drug-likeness (QED) is 0.817. The Labute approximate surface area is 135 Å². The van der Waals surface area contributed by atoms with E-state index in [0.29, 0.717) is 6.61 Å². The van der Waals surface area contributed by atoms with Gasteiger partial charge in [0.15, 0.2) is 0 Å². The Bertz CT molecular complexity index is 504. The number of rotatable bonds is 5. The molecule has 0 unspecified atom stereocenters. The lowest BCUT2D eigenvalue weighted by atomic mass is 10.0. The molecule has 1 saturated heterocycles. The molecule has 2 rings (SSSR count). The highest BCUT2D eigenvalue weighted by molar-refractivity contribution is 9.10. The van der Waals surface area contributed by atoms with Crippen LogP contribution in [0.5, 0.6) is 5.75 Å². The average Bonchev–Trinajstić information content (AvgIpc) is 2.48. The van der Waals surface area contributed by atoms with Crippen LogP contribution in [0, 0.1) is 11.3 Å². The van der Waals surface area contributed by atoms with Gasteiger partial charge in [-0.3, -0.25) is 9.80 Å². The van der Waals surface area contributed by atoms with Gasteiger partial charge in [-0.25, -0.2) is 0 Å². The van der Waals surface area contributed by atoms with Gasteiger partial charge >= 0.3 is 0 Å². The van der Waals surface area contributed by atoms with E-state index in [4.69, 9.17) is 4.74 Å². The summed E-state index contributed by atoms with van der Waals surface area (Å²) in [6, 6.07) is 10.3. The van der Waals surface area contributed by atoms with Crippen LogP contribution >= 0.6 is 15.9 Å². The number of hydrogen-bond acceptors (Lipinski definition) is 4. The number of nitrogens with zero attached hydrogens (tertiary/aromatic N) is 3. The molecule has 0 atom stereocenters. The highest BCUT2D eigenvalue weighted by Crippen LogP contribution is 2.18. The monoisotopic (exact) mass is 351 g/mol. The van der Waals surface area contributed by atoms with Crippen molar-refractivity contribution in [2.75, 3.05) is 39.3 Å². The van der Waals surface area contributed by atoms with Crippen LogP contribution in [0.15, 0.2) is 28.7 Å². The second-order valence-corrected chi connectivity index (χ2v) is 6.72. The van der Waals surface area contributed by atoms with Crippen molar-refractivity contribution >= 4 is 15.9 Å². The molecular weight excluding hydrogens is 330 g/mol. The summed E-state index contributed by atoms with van der Waals surface area (Å²) in [4.78, 5) is 4.64. The fraction of sp³-hybridized carbons (Fsp3) is 0.562. The molecule has 0 bridgehead atoms. The first-order valence-electron chi connectivity index (χ1n) is 7.28. The Morgan fingerprint density at radius 3 is 2.62 bits per heavy atom. The number of halogens is 1. The summed E-state index contributed by atoms with van der Waals surface area (Å²) in [7, 11) is 0. The molecular formula is C16H22BrN3O. The molecule has 21 heavy (non-hydrogen) atoms. The molecule has 114 valence electrons. The summed E-state index contributed by atoms with van der Waals surface area (Å²) in [5, 5.41) is 9.17. The molecule has 0 aliphatic carbocycles. The van der Waals surface area contributed by atoms with Gasteiger partial charge in [0.1, 0.15) is 17.9 Å². The van der Waals surface area contributed by atoms with Crippen molar-refractivity contribution in [3.05, 3.63) is 28.7 Å². The zero-order chi connectivity index (χ0) is 15.3. The Morgan fingerprint density at radius 1 is 1.29 bits per heavy atom. The molecule has 0 spiro atoms. The van der Waals surface area contributed by atoms with Crippen LogP contribution < -0.4 is 4.74 Å². The molecule has 0 aromatic heterocycles. The van der Waals surface area contributed by atoms with Gasteiger partial charge in [-0.15, -0.1) is 0 Å². The SMILES string of the molecule is CC(C)(C#N)N1CCN(CCOc2cccc(Br)c2)CC1. The lowest BCUT2D eigenvalue weighted by molar-refractivity contribution is 0.0724. The average molecular weight is 352 g/mol. The molecule has 1 heterocycles. The van der Waals surface area contributed by atoms with Crippen LogP contribution in [-0.4, -0.2) is 54.7 Å². The molecule has 1 aliphatic rings. The standard InChI is InChI=1S/C16H22BrN3O/c1-16(2,13-18)20-8-6-19(7-9-20)10-11-21-15-5-3-4-14(17)12-15/h3-5,12H,6-11H2,1-2H3. The van der Waals surface area contributed by atoms with Crippen LogP contribution in [-0.2, 0) is 0 Å². The van der Waals surface area contributed by atoms with Gasteiger partial charge in [-0.1, -0.05) is 22.0 Å². The predicted octanol–water partition coefficient (Wildman–Crippen LogP) is 2.75. The summed E-state index contributed by atoms with van der Waals surface area (Å²) >= 11 is 3.44. The second-order valence-electron chi connectivity index (χ2n) is 5.81. The van der Waals surface area contributed by atoms with E-state index in [1.54, 1.807) is 0 Å². The van der Waals surface area contributed by atoms with Gasteiger partial charge in [0.25, 0.3) is 0 Å². The van der Waals surface area contributed by atoms with E-state index in [9.17, 15) is 5.26 Å². The summed E-state index contributed by atoms with van der Waals surface area (Å²) in [5.41, 5.74) is -0.362. The zero-order valence-electron chi connectivity index (χ0n) is 12.7. The topological polar surface area (TPSA) is 39.5 Å². The van der Waals surface area contributed by atoms with Gasteiger partial charge in [-0.2, -0.15) is 5.26 Å². The Morgan fingerprint density at radius 2 is 2.00 bits per heavy atom. The lowest BCUT2D eigenvalue weighted by Crippen LogP contribution is -2.54. The van der Waals surface area contributed by atoms with Crippen molar-refractivity contribution in [1.82, 2.24) is 9.80 Å². The third-order valence-corrected chi connectivity index (χ3v) is 4.40. The molecule has 1 aromatic carbocycles. The minimum Gasteiger partial charge on any atom is -0.492 e. The van der Waals surface area contributed by atoms with E-state index in [1.165, 1.54) is 0 Å². The number of hydrogen-bond donors (Lipinski definition) is 0. The molecule has 0 amide bonds. The summed E-state index contributed by atoms with van der Waals surface area (Å²) < 4.78 is 6.80. The Hall–Kier alpha value is -1.09. The first kappa shape index (κ1) is 16.3. The molecule has 1 aromatic rings. The second kappa shape index (κ2) is 7.26. The lowest BCUT2D eigenvalue weighted by Gasteiger charge is -2.40. The predicted molar refractivity (Wildman–Crippen MR) is 87.3 cm³/mol. The van der Waals surface area contributed by atoms with Crippen molar-refractivity contribution < 1.29 is 4.74 Å². The van der Waals surface area contributed by atoms with E-state index in [0.717, 1.165) is 42.9 Å². The van der Waals surface area contributed by atoms with Gasteiger partial charge in [0, 0.05) is 37.2 Å². The number of benzene rings is 1. The molecule has 1 fully saturated rings. The maximum absolute atomic E-state index is 9.17. The van der Waals surface area contributed by atoms with E-state index in [-0.39, 0.29) is 5.54 Å². The van der Waals surface area contributed by atoms with Crippen LogP contribution in [0.25, 0.3) is 0 Å². The molecule has 1 aliphatic heterocycles. The normalized spacial score (nSPS) is 17.4. The highest BCUT2D eigenvalue weighted by atomic mass is 79.9. The first-order chi connectivity index (χ1) is 10.0. The highest BCUT2D eigenvalue weighted by Gasteiger charge is 2.29. The van der Waals surface area contributed by atoms with Crippen LogP contribution in [0.2, 0.25) is 0 Å². The van der Waals surface area contributed by atoms with Crippen LogP contribution in [0.1, 0.15) is 13.8 Å². The minimum atomic E-state index is -0.362. The number of piperazine rings is 1. The number of nitriles is 1. The van der Waals surface area contributed by atoms with E-state index in [2.05, 4.69) is 31.8 Å². The van der Waals surface area contributed by atoms with Gasteiger partial charge < -0.3 is 4.74 Å². The Kier molecular flexibility index (Phi) is 5.63. The van der Waals surface area contributed by atoms with Crippen LogP contribution in [0.3, 0.4) is 0 Å². The molecule has 0 radical (unpaired) electrons. The van der Waals surface area contributed by atoms with Gasteiger partial charge in [0.05, 0.1) is 6.07 Å². The first-order valence-corrected chi connectivity index (χ1v) is 8.07. The number of ether oxygens (including phenoxy) is 1. The van der Waals surface area contributed by atoms with E-state index >= 15 is 0 Å². The van der Waals surface area contributed by atoms with Crippen molar-refractivity contribution in [1.29, 1.82) is 5.26 Å². The van der Waals surface area contributed by atoms with Crippen molar-refractivity contribution in [3.63, 3.8) is 0 Å². The maximum Gasteiger partial charge on any atom is 0.120 e. The third kappa shape index (κ3) is 4.70.